The molecule has 4 nitrogen and oxygen atoms in total. The zero-order valence-corrected chi connectivity index (χ0v) is 16.3. The monoisotopic (exact) mass is 398 g/mol. The molecule has 1 aromatic heterocycles. The van der Waals surface area contributed by atoms with Gasteiger partial charge in [0.1, 0.15) is 4.88 Å². The van der Waals surface area contributed by atoms with Crippen LogP contribution in [-0.4, -0.2) is 24.9 Å². The third kappa shape index (κ3) is 3.57. The molecule has 0 saturated carbocycles. The van der Waals surface area contributed by atoms with Gasteiger partial charge in [-0.1, -0.05) is 48.0 Å². The molecule has 4 rings (SSSR count). The van der Waals surface area contributed by atoms with Crippen LogP contribution in [0.5, 0.6) is 0 Å². The number of thiophene rings is 1. The second kappa shape index (κ2) is 7.71. The van der Waals surface area contributed by atoms with E-state index in [9.17, 15) is 9.59 Å². The summed E-state index contributed by atoms with van der Waals surface area (Å²) in [6.07, 6.45) is 1.92. The van der Waals surface area contributed by atoms with E-state index in [1.165, 1.54) is 16.9 Å². The average molecular weight is 399 g/mol. The number of nitrogens with zero attached hydrogens (tertiary/aromatic N) is 1. The fraction of sp³-hybridized carbons (Fsp3) is 0.238. The molecule has 27 heavy (non-hydrogen) atoms. The molecule has 2 amide bonds. The summed E-state index contributed by atoms with van der Waals surface area (Å²) in [5.41, 5.74) is 2.24. The Morgan fingerprint density at radius 1 is 1.11 bits per heavy atom. The van der Waals surface area contributed by atoms with Crippen LogP contribution in [0, 0.1) is 0 Å². The van der Waals surface area contributed by atoms with Gasteiger partial charge in [0.25, 0.3) is 5.91 Å². The van der Waals surface area contributed by atoms with Crippen molar-refractivity contribution in [1.82, 2.24) is 5.32 Å². The maximum absolute atomic E-state index is 12.5. The number of amides is 2. The van der Waals surface area contributed by atoms with Crippen LogP contribution in [0.2, 0.25) is 5.02 Å². The minimum atomic E-state index is -0.180. The van der Waals surface area contributed by atoms with E-state index in [0.717, 1.165) is 28.7 Å². The molecule has 0 unspecified atom stereocenters. The van der Waals surface area contributed by atoms with Gasteiger partial charge in [-0.3, -0.25) is 9.59 Å². The Morgan fingerprint density at radius 3 is 2.74 bits per heavy atom. The summed E-state index contributed by atoms with van der Waals surface area (Å²) in [5.74, 6) is -0.0748. The van der Waals surface area contributed by atoms with Crippen molar-refractivity contribution in [3.63, 3.8) is 0 Å². The second-order valence-electron chi connectivity index (χ2n) is 6.52. The molecule has 1 aliphatic heterocycles. The lowest BCUT2D eigenvalue weighted by Gasteiger charge is -2.17. The Bertz CT molecular complexity index is 1010. The molecule has 2 aromatic carbocycles. The van der Waals surface area contributed by atoms with Gasteiger partial charge in [0.05, 0.1) is 5.02 Å². The molecule has 0 bridgehead atoms. The van der Waals surface area contributed by atoms with Gasteiger partial charge >= 0.3 is 0 Å². The topological polar surface area (TPSA) is 49.4 Å². The van der Waals surface area contributed by atoms with Crippen molar-refractivity contribution in [3.8, 4) is 0 Å². The highest BCUT2D eigenvalue weighted by Gasteiger charge is 2.23. The largest absolute Gasteiger partial charge is 0.351 e. The maximum Gasteiger partial charge on any atom is 0.262 e. The van der Waals surface area contributed by atoms with Crippen LogP contribution in [0.4, 0.5) is 5.69 Å². The minimum Gasteiger partial charge on any atom is -0.351 e. The molecule has 2 heterocycles. The van der Waals surface area contributed by atoms with Crippen LogP contribution in [-0.2, 0) is 11.2 Å². The number of nitrogens with one attached hydrogen (secondary N) is 1. The van der Waals surface area contributed by atoms with E-state index in [1.54, 1.807) is 0 Å². The number of rotatable bonds is 5. The molecule has 0 radical (unpaired) electrons. The van der Waals surface area contributed by atoms with Crippen molar-refractivity contribution in [1.29, 1.82) is 0 Å². The fourth-order valence-electron chi connectivity index (χ4n) is 3.41. The molecule has 3 aromatic rings. The SMILES string of the molecule is O=C(NCCCC(=O)N1CCc2ccccc21)c1sc2ccccc2c1Cl. The molecular formula is C21H19ClN2O2S. The lowest BCUT2D eigenvalue weighted by molar-refractivity contribution is -0.118. The number of fused-ring (bicyclic) bond motifs is 2. The number of hydrogen-bond acceptors (Lipinski definition) is 3. The zero-order valence-electron chi connectivity index (χ0n) is 14.7. The summed E-state index contributed by atoms with van der Waals surface area (Å²) < 4.78 is 0.996. The van der Waals surface area contributed by atoms with Crippen LogP contribution < -0.4 is 10.2 Å². The van der Waals surface area contributed by atoms with Gasteiger partial charge in [-0.15, -0.1) is 11.3 Å². The highest BCUT2D eigenvalue weighted by molar-refractivity contribution is 7.21. The third-order valence-electron chi connectivity index (χ3n) is 4.78. The van der Waals surface area contributed by atoms with Crippen molar-refractivity contribution in [2.45, 2.75) is 19.3 Å². The van der Waals surface area contributed by atoms with Crippen molar-refractivity contribution in [3.05, 3.63) is 64.0 Å². The van der Waals surface area contributed by atoms with E-state index >= 15 is 0 Å². The van der Waals surface area contributed by atoms with Crippen LogP contribution in [0.3, 0.4) is 0 Å². The van der Waals surface area contributed by atoms with Crippen molar-refractivity contribution < 1.29 is 9.59 Å². The second-order valence-corrected chi connectivity index (χ2v) is 7.96. The zero-order chi connectivity index (χ0) is 18.8. The third-order valence-corrected chi connectivity index (χ3v) is 6.46. The Balaban J connectivity index is 1.30. The molecular weight excluding hydrogens is 380 g/mol. The first-order valence-corrected chi connectivity index (χ1v) is 10.2. The Kier molecular flexibility index (Phi) is 5.14. The average Bonchev–Trinajstić information content (AvgIpc) is 3.27. The summed E-state index contributed by atoms with van der Waals surface area (Å²) in [5, 5.41) is 4.28. The smallest absolute Gasteiger partial charge is 0.262 e. The predicted octanol–water partition coefficient (Wildman–Crippen LogP) is 4.65. The van der Waals surface area contributed by atoms with Gasteiger partial charge in [-0.25, -0.2) is 0 Å². The molecule has 6 heteroatoms. The summed E-state index contributed by atoms with van der Waals surface area (Å²) >= 11 is 7.73. The summed E-state index contributed by atoms with van der Waals surface area (Å²) in [6.45, 7) is 1.19. The van der Waals surface area contributed by atoms with E-state index in [2.05, 4.69) is 11.4 Å². The van der Waals surface area contributed by atoms with Crippen LogP contribution in [0.25, 0.3) is 10.1 Å². The van der Waals surface area contributed by atoms with Gasteiger partial charge < -0.3 is 10.2 Å². The van der Waals surface area contributed by atoms with Crippen molar-refractivity contribution >= 4 is 50.5 Å². The van der Waals surface area contributed by atoms with E-state index < -0.39 is 0 Å². The number of carbonyl (C=O) groups excluding carboxylic acids is 2. The summed E-state index contributed by atoms with van der Waals surface area (Å²) in [4.78, 5) is 27.3. The van der Waals surface area contributed by atoms with Crippen LogP contribution >= 0.6 is 22.9 Å². The number of hydrogen-bond donors (Lipinski definition) is 1. The molecule has 0 spiro atoms. The molecule has 0 aliphatic carbocycles. The van der Waals surface area contributed by atoms with Gasteiger partial charge in [0.2, 0.25) is 5.91 Å². The van der Waals surface area contributed by atoms with E-state index in [4.69, 9.17) is 11.6 Å². The summed E-state index contributed by atoms with van der Waals surface area (Å²) in [6, 6.07) is 15.7. The first-order chi connectivity index (χ1) is 13.1. The Labute approximate surface area is 166 Å². The summed E-state index contributed by atoms with van der Waals surface area (Å²) in [7, 11) is 0. The first-order valence-electron chi connectivity index (χ1n) is 8.98. The van der Waals surface area contributed by atoms with Crippen LogP contribution in [0.15, 0.2) is 48.5 Å². The highest BCUT2D eigenvalue weighted by Crippen LogP contribution is 2.35. The molecule has 1 N–H and O–H groups in total. The minimum absolute atomic E-state index is 0.106. The molecule has 138 valence electrons. The number of para-hydroxylation sites is 1. The lowest BCUT2D eigenvalue weighted by Crippen LogP contribution is -2.30. The number of halogens is 1. The predicted molar refractivity (Wildman–Crippen MR) is 111 cm³/mol. The van der Waals surface area contributed by atoms with Crippen molar-refractivity contribution in [2.24, 2.45) is 0 Å². The molecule has 0 atom stereocenters. The molecule has 0 saturated heterocycles. The van der Waals surface area contributed by atoms with E-state index in [0.29, 0.717) is 29.3 Å². The van der Waals surface area contributed by atoms with E-state index in [-0.39, 0.29) is 11.8 Å². The standard InChI is InChI=1S/C21H19ClN2O2S/c22-19-15-7-2-4-9-17(15)27-20(19)21(26)23-12-5-10-18(25)24-13-11-14-6-1-3-8-16(14)24/h1-4,6-9H,5,10-13H2,(H,23,26). The van der Waals surface area contributed by atoms with Gasteiger partial charge in [-0.05, 0) is 30.5 Å². The van der Waals surface area contributed by atoms with Crippen molar-refractivity contribution in [2.75, 3.05) is 18.0 Å². The molecule has 0 fully saturated rings. The maximum atomic E-state index is 12.5. The number of anilines is 1. The van der Waals surface area contributed by atoms with E-state index in [1.807, 2.05) is 47.4 Å². The Hall–Kier alpha value is -2.37. The Morgan fingerprint density at radius 2 is 1.89 bits per heavy atom. The lowest BCUT2D eigenvalue weighted by atomic mass is 10.2. The quantitative estimate of drug-likeness (QED) is 0.636. The fourth-order valence-corrected chi connectivity index (χ4v) is 4.85. The first kappa shape index (κ1) is 18.0. The van der Waals surface area contributed by atoms with Gasteiger partial charge in [0.15, 0.2) is 0 Å². The number of carbonyl (C=O) groups is 2. The molecule has 1 aliphatic rings. The van der Waals surface area contributed by atoms with Gasteiger partial charge in [-0.2, -0.15) is 0 Å². The highest BCUT2D eigenvalue weighted by atomic mass is 35.5. The van der Waals surface area contributed by atoms with Crippen LogP contribution in [0.1, 0.15) is 28.1 Å². The number of benzene rings is 2. The normalized spacial score (nSPS) is 13.0. The van der Waals surface area contributed by atoms with Gasteiger partial charge in [0, 0.05) is 35.3 Å².